The summed E-state index contributed by atoms with van der Waals surface area (Å²) in [6.07, 6.45) is 1.43. The van der Waals surface area contributed by atoms with Gasteiger partial charge in [-0.3, -0.25) is 4.79 Å². The van der Waals surface area contributed by atoms with Crippen LogP contribution >= 0.6 is 0 Å². The van der Waals surface area contributed by atoms with E-state index in [4.69, 9.17) is 9.47 Å². The van der Waals surface area contributed by atoms with Gasteiger partial charge in [0.1, 0.15) is 18.2 Å². The molecule has 0 spiro atoms. The predicted molar refractivity (Wildman–Crippen MR) is 87.6 cm³/mol. The lowest BCUT2D eigenvalue weighted by Gasteiger charge is -2.32. The summed E-state index contributed by atoms with van der Waals surface area (Å²) in [5.41, 5.74) is 1.10. The minimum Gasteiger partial charge on any atom is -0.484 e. The van der Waals surface area contributed by atoms with Crippen molar-refractivity contribution >= 4 is 5.91 Å². The summed E-state index contributed by atoms with van der Waals surface area (Å²) in [7, 11) is 0. The van der Waals surface area contributed by atoms with Gasteiger partial charge in [0.15, 0.2) is 12.4 Å². The van der Waals surface area contributed by atoms with Gasteiger partial charge >= 0.3 is 0 Å². The molecule has 2 heterocycles. The second-order valence-electron chi connectivity index (χ2n) is 5.78. The van der Waals surface area contributed by atoms with Crippen LogP contribution in [0, 0.1) is 6.92 Å². The summed E-state index contributed by atoms with van der Waals surface area (Å²) >= 11 is 0. The summed E-state index contributed by atoms with van der Waals surface area (Å²) in [4.78, 5) is 14.2. The maximum atomic E-state index is 12.4. The number of aryl methyl sites for hydroxylation is 2. The quantitative estimate of drug-likeness (QED) is 0.832. The molecule has 1 atom stereocenters. The highest BCUT2D eigenvalue weighted by molar-refractivity contribution is 5.77. The van der Waals surface area contributed by atoms with Gasteiger partial charge in [-0.15, -0.1) is 10.2 Å². The lowest BCUT2D eigenvalue weighted by atomic mass is 10.2. The highest BCUT2D eigenvalue weighted by Crippen LogP contribution is 2.21. The summed E-state index contributed by atoms with van der Waals surface area (Å²) in [6.45, 7) is 6.32. The molecule has 0 radical (unpaired) electrons. The monoisotopic (exact) mass is 330 g/mol. The van der Waals surface area contributed by atoms with Crippen LogP contribution in [0.5, 0.6) is 5.75 Å². The molecule has 1 aliphatic heterocycles. The number of nitrogens with zero attached hydrogens (tertiary/aromatic N) is 4. The lowest BCUT2D eigenvalue weighted by Crippen LogP contribution is -2.44. The van der Waals surface area contributed by atoms with Crippen LogP contribution in [0.25, 0.3) is 0 Å². The van der Waals surface area contributed by atoms with Gasteiger partial charge in [0, 0.05) is 13.1 Å². The molecule has 7 nitrogen and oxygen atoms in total. The fourth-order valence-corrected chi connectivity index (χ4v) is 2.73. The molecule has 0 N–H and O–H groups in total. The van der Waals surface area contributed by atoms with E-state index < -0.39 is 0 Å². The van der Waals surface area contributed by atoms with Crippen molar-refractivity contribution in [1.29, 1.82) is 0 Å². The van der Waals surface area contributed by atoms with Gasteiger partial charge in [0.25, 0.3) is 5.91 Å². The highest BCUT2D eigenvalue weighted by atomic mass is 16.5. The number of amides is 1. The van der Waals surface area contributed by atoms with Crippen LogP contribution in [0.3, 0.4) is 0 Å². The van der Waals surface area contributed by atoms with Crippen LogP contribution in [0.4, 0.5) is 0 Å². The number of benzene rings is 1. The molecule has 1 aromatic heterocycles. The number of carbonyl (C=O) groups is 1. The molecule has 0 unspecified atom stereocenters. The van der Waals surface area contributed by atoms with Gasteiger partial charge in [0.05, 0.1) is 13.2 Å². The van der Waals surface area contributed by atoms with Crippen molar-refractivity contribution in [2.45, 2.75) is 26.5 Å². The third-order valence-electron chi connectivity index (χ3n) is 4.05. The molecular formula is C17H22N4O3. The molecule has 1 amide bonds. The van der Waals surface area contributed by atoms with Gasteiger partial charge in [-0.2, -0.15) is 0 Å². The molecule has 3 rings (SSSR count). The van der Waals surface area contributed by atoms with Gasteiger partial charge < -0.3 is 18.9 Å². The van der Waals surface area contributed by atoms with Crippen LogP contribution in [0.1, 0.15) is 24.4 Å². The topological polar surface area (TPSA) is 69.5 Å². The van der Waals surface area contributed by atoms with Crippen molar-refractivity contribution in [1.82, 2.24) is 19.7 Å². The number of hydrogen-bond donors (Lipinski definition) is 0. The Labute approximate surface area is 141 Å². The fourth-order valence-electron chi connectivity index (χ4n) is 2.73. The normalized spacial score (nSPS) is 17.8. The molecule has 7 heteroatoms. The van der Waals surface area contributed by atoms with Crippen LogP contribution in [0.15, 0.2) is 30.6 Å². The Balaban J connectivity index is 1.59. The van der Waals surface area contributed by atoms with Crippen molar-refractivity contribution in [2.75, 3.05) is 26.3 Å². The van der Waals surface area contributed by atoms with Gasteiger partial charge in [0.2, 0.25) is 0 Å². The summed E-state index contributed by atoms with van der Waals surface area (Å²) in [5.74, 6) is 1.42. The number of carbonyl (C=O) groups excluding carboxylic acids is 1. The first-order valence-corrected chi connectivity index (χ1v) is 8.14. The second-order valence-corrected chi connectivity index (χ2v) is 5.78. The fraction of sp³-hybridized carbons (Fsp3) is 0.471. The van der Waals surface area contributed by atoms with Gasteiger partial charge in [-0.1, -0.05) is 12.1 Å². The summed E-state index contributed by atoms with van der Waals surface area (Å²) < 4.78 is 13.3. The SMILES string of the molecule is CCn1cnnc1[C@@H]1CN(C(=O)COc2cccc(C)c2)CCO1. The largest absolute Gasteiger partial charge is 0.484 e. The average molecular weight is 330 g/mol. The number of rotatable bonds is 5. The molecule has 1 saturated heterocycles. The molecule has 1 fully saturated rings. The van der Waals surface area contributed by atoms with E-state index in [-0.39, 0.29) is 18.6 Å². The Kier molecular flexibility index (Phi) is 5.10. The summed E-state index contributed by atoms with van der Waals surface area (Å²) in [6, 6.07) is 7.67. The Bertz CT molecular complexity index is 701. The first kappa shape index (κ1) is 16.4. The van der Waals surface area contributed by atoms with Crippen LogP contribution in [-0.4, -0.2) is 51.9 Å². The van der Waals surface area contributed by atoms with Gasteiger partial charge in [-0.05, 0) is 31.5 Å². The van der Waals surface area contributed by atoms with E-state index in [0.29, 0.717) is 25.4 Å². The maximum absolute atomic E-state index is 12.4. The molecular weight excluding hydrogens is 308 g/mol. The number of hydrogen-bond acceptors (Lipinski definition) is 5. The number of morpholine rings is 1. The number of ether oxygens (including phenoxy) is 2. The molecule has 0 saturated carbocycles. The molecule has 128 valence electrons. The molecule has 1 aromatic carbocycles. The molecule has 2 aromatic rings. The maximum Gasteiger partial charge on any atom is 0.260 e. The second kappa shape index (κ2) is 7.44. The molecule has 24 heavy (non-hydrogen) atoms. The molecule has 1 aliphatic rings. The van der Waals surface area contributed by atoms with E-state index in [0.717, 1.165) is 17.9 Å². The Morgan fingerprint density at radius 2 is 2.33 bits per heavy atom. The third-order valence-corrected chi connectivity index (χ3v) is 4.05. The van der Waals surface area contributed by atoms with Gasteiger partial charge in [-0.25, -0.2) is 0 Å². The van der Waals surface area contributed by atoms with E-state index in [2.05, 4.69) is 10.2 Å². The van der Waals surface area contributed by atoms with E-state index in [9.17, 15) is 4.79 Å². The zero-order valence-electron chi connectivity index (χ0n) is 14.0. The zero-order chi connectivity index (χ0) is 16.9. The first-order chi connectivity index (χ1) is 11.7. The zero-order valence-corrected chi connectivity index (χ0v) is 14.0. The van der Waals surface area contributed by atoms with E-state index in [1.165, 1.54) is 0 Å². The van der Waals surface area contributed by atoms with Crippen molar-refractivity contribution in [3.8, 4) is 5.75 Å². The Hall–Kier alpha value is -2.41. The van der Waals surface area contributed by atoms with Crippen molar-refractivity contribution in [2.24, 2.45) is 0 Å². The first-order valence-electron chi connectivity index (χ1n) is 8.14. The lowest BCUT2D eigenvalue weighted by molar-refractivity contribution is -0.141. The third kappa shape index (κ3) is 3.73. The van der Waals surface area contributed by atoms with Crippen molar-refractivity contribution in [3.63, 3.8) is 0 Å². The standard InChI is InChI=1S/C17H22N4O3/c1-3-20-12-18-19-17(20)15-10-21(7-8-23-15)16(22)11-24-14-6-4-5-13(2)9-14/h4-6,9,12,15H,3,7-8,10-11H2,1-2H3/t15-/m0/s1. The van der Waals surface area contributed by atoms with Crippen LogP contribution in [0.2, 0.25) is 0 Å². The summed E-state index contributed by atoms with van der Waals surface area (Å²) in [5, 5.41) is 8.05. The minimum absolute atomic E-state index is 0.0244. The molecule has 0 bridgehead atoms. The molecule has 0 aliphatic carbocycles. The predicted octanol–water partition coefficient (Wildman–Crippen LogP) is 1.59. The van der Waals surface area contributed by atoms with Crippen LogP contribution < -0.4 is 4.74 Å². The highest BCUT2D eigenvalue weighted by Gasteiger charge is 2.28. The van der Waals surface area contributed by atoms with E-state index in [1.54, 1.807) is 11.2 Å². The van der Waals surface area contributed by atoms with Crippen molar-refractivity contribution in [3.05, 3.63) is 42.0 Å². The Morgan fingerprint density at radius 3 is 3.12 bits per heavy atom. The Morgan fingerprint density at radius 1 is 1.46 bits per heavy atom. The smallest absolute Gasteiger partial charge is 0.260 e. The average Bonchev–Trinajstić information content (AvgIpc) is 3.08. The number of aromatic nitrogens is 3. The minimum atomic E-state index is -0.246. The van der Waals surface area contributed by atoms with E-state index in [1.807, 2.05) is 42.7 Å². The van der Waals surface area contributed by atoms with E-state index >= 15 is 0 Å². The van der Waals surface area contributed by atoms with Crippen molar-refractivity contribution < 1.29 is 14.3 Å². The van der Waals surface area contributed by atoms with Crippen LogP contribution in [-0.2, 0) is 16.1 Å².